The van der Waals surface area contributed by atoms with Crippen LogP contribution in [0.25, 0.3) is 12.2 Å². The number of halogens is 3. The zero-order valence-corrected chi connectivity index (χ0v) is 18.9. The van der Waals surface area contributed by atoms with Gasteiger partial charge in [0.15, 0.2) is 11.2 Å². The third-order valence-electron chi connectivity index (χ3n) is 5.60. The molecular formula is C25H26F3N3OS. The van der Waals surface area contributed by atoms with Gasteiger partial charge in [-0.25, -0.2) is 5.01 Å². The van der Waals surface area contributed by atoms with Crippen LogP contribution < -0.4 is 5.32 Å². The molecule has 1 fully saturated rings. The first-order valence-electron chi connectivity index (χ1n) is 11.1. The molecule has 1 amide bonds. The number of nitrogens with one attached hydrogen (secondary N) is 1. The van der Waals surface area contributed by atoms with E-state index >= 15 is 0 Å². The Morgan fingerprint density at radius 1 is 1.00 bits per heavy atom. The number of hydrazone groups is 1. The molecule has 0 bridgehead atoms. The lowest BCUT2D eigenvalue weighted by atomic mass is 10.0. The van der Waals surface area contributed by atoms with Crippen molar-refractivity contribution in [2.45, 2.75) is 48.9 Å². The molecule has 4 nitrogen and oxygen atoms in total. The Morgan fingerprint density at radius 3 is 2.42 bits per heavy atom. The maximum absolute atomic E-state index is 13.2. The average molecular weight is 474 g/mol. The summed E-state index contributed by atoms with van der Waals surface area (Å²) in [7, 11) is 0. The number of rotatable bonds is 6. The van der Waals surface area contributed by atoms with Crippen LogP contribution in [0.5, 0.6) is 0 Å². The predicted octanol–water partition coefficient (Wildman–Crippen LogP) is 5.90. The van der Waals surface area contributed by atoms with Crippen LogP contribution in [0.15, 0.2) is 59.7 Å². The summed E-state index contributed by atoms with van der Waals surface area (Å²) in [6.45, 7) is -1.40. The number of carbonyl (C=O) groups is 1. The van der Waals surface area contributed by atoms with Crippen molar-refractivity contribution in [3.8, 4) is 0 Å². The van der Waals surface area contributed by atoms with Gasteiger partial charge in [0.25, 0.3) is 5.91 Å². The molecule has 1 aliphatic heterocycles. The molecule has 0 aromatic heterocycles. The molecule has 1 unspecified atom stereocenters. The second-order valence-corrected chi connectivity index (χ2v) is 9.66. The normalized spacial score (nSPS) is 20.1. The maximum Gasteiger partial charge on any atom is 0.408 e. The van der Waals surface area contributed by atoms with Crippen LogP contribution in [0.3, 0.4) is 0 Å². The molecule has 0 spiro atoms. The minimum absolute atomic E-state index is 0.257. The molecule has 2 aromatic rings. The van der Waals surface area contributed by atoms with Gasteiger partial charge in [-0.05, 0) is 30.0 Å². The number of thioether (sulfide) groups is 1. The van der Waals surface area contributed by atoms with Crippen molar-refractivity contribution < 1.29 is 18.0 Å². The molecular weight excluding hydrogens is 447 g/mol. The fraction of sp³-hybridized carbons (Fsp3) is 0.360. The number of hydrogen-bond acceptors (Lipinski definition) is 4. The first-order valence-corrected chi connectivity index (χ1v) is 12.0. The summed E-state index contributed by atoms with van der Waals surface area (Å²) in [4.78, 5) is 12.8. The van der Waals surface area contributed by atoms with Gasteiger partial charge in [0, 0.05) is 10.8 Å². The van der Waals surface area contributed by atoms with Crippen LogP contribution >= 0.6 is 11.8 Å². The highest BCUT2D eigenvalue weighted by Gasteiger charge is 2.40. The van der Waals surface area contributed by atoms with Crippen molar-refractivity contribution in [2.75, 3.05) is 6.54 Å². The van der Waals surface area contributed by atoms with E-state index < -0.39 is 24.0 Å². The van der Waals surface area contributed by atoms with Crippen LogP contribution in [0, 0.1) is 0 Å². The first-order chi connectivity index (χ1) is 15.9. The molecule has 0 saturated heterocycles. The topological polar surface area (TPSA) is 44.7 Å². The van der Waals surface area contributed by atoms with Crippen LogP contribution in [-0.4, -0.2) is 40.1 Å². The minimum atomic E-state index is -4.53. The lowest BCUT2D eigenvalue weighted by molar-refractivity contribution is -0.161. The number of alkyl halides is 3. The third-order valence-corrected chi connectivity index (χ3v) is 7.05. The second-order valence-electron chi connectivity index (χ2n) is 8.25. The molecule has 4 rings (SSSR count). The second kappa shape index (κ2) is 10.5. The molecule has 33 heavy (non-hydrogen) atoms. The van der Waals surface area contributed by atoms with Gasteiger partial charge in [0.05, 0.1) is 0 Å². The highest BCUT2D eigenvalue weighted by atomic mass is 32.2. The standard InChI is InChI=1S/C25H26F3N3OS/c26-25(27,28)17-31-24(32)23(33-21-12-5-2-6-13-21)29-22(30-31)20-11-7-10-19(16-20)15-14-18-8-3-1-4-9-18/h1,3-4,7-11,14-16,21,23H,2,5-6,12-13,17H2,(H,29,30)/b15-14-. The quantitative estimate of drug-likeness (QED) is 0.531. The lowest BCUT2D eigenvalue weighted by Gasteiger charge is -2.33. The molecule has 1 heterocycles. The summed E-state index contributed by atoms with van der Waals surface area (Å²) in [5.41, 5.74) is 2.57. The smallest absolute Gasteiger partial charge is 0.348 e. The minimum Gasteiger partial charge on any atom is -0.348 e. The molecule has 2 aromatic carbocycles. The molecule has 1 N–H and O–H groups in total. The fourth-order valence-electron chi connectivity index (χ4n) is 3.98. The van der Waals surface area contributed by atoms with Crippen molar-refractivity contribution in [1.29, 1.82) is 0 Å². The molecule has 1 aliphatic carbocycles. The predicted molar refractivity (Wildman–Crippen MR) is 128 cm³/mol. The van der Waals surface area contributed by atoms with Crippen LogP contribution in [0.2, 0.25) is 0 Å². The highest BCUT2D eigenvalue weighted by Crippen LogP contribution is 2.33. The van der Waals surface area contributed by atoms with E-state index in [0.717, 1.165) is 36.8 Å². The third kappa shape index (κ3) is 6.63. The summed E-state index contributed by atoms with van der Waals surface area (Å²) >= 11 is 1.43. The Labute approximate surface area is 195 Å². The van der Waals surface area contributed by atoms with Crippen molar-refractivity contribution >= 4 is 35.7 Å². The number of nitrogens with zero attached hydrogens (tertiary/aromatic N) is 2. The number of carbonyl (C=O) groups excluding carboxylic acids is 1. The van der Waals surface area contributed by atoms with Gasteiger partial charge in [-0.15, -0.1) is 11.8 Å². The van der Waals surface area contributed by atoms with Crippen molar-refractivity contribution in [3.63, 3.8) is 0 Å². The van der Waals surface area contributed by atoms with E-state index in [9.17, 15) is 18.0 Å². The monoisotopic (exact) mass is 473 g/mol. The molecule has 0 radical (unpaired) electrons. The number of benzene rings is 2. The van der Waals surface area contributed by atoms with Crippen LogP contribution in [0.4, 0.5) is 13.2 Å². The number of amides is 1. The molecule has 174 valence electrons. The van der Waals surface area contributed by atoms with Gasteiger partial charge >= 0.3 is 6.18 Å². The summed E-state index contributed by atoms with van der Waals surface area (Å²) < 4.78 is 39.5. The van der Waals surface area contributed by atoms with Gasteiger partial charge in [0.2, 0.25) is 0 Å². The Kier molecular flexibility index (Phi) is 7.42. The Bertz CT molecular complexity index is 1020. The summed E-state index contributed by atoms with van der Waals surface area (Å²) in [5, 5.41) is 7.21. The molecule has 1 saturated carbocycles. The van der Waals surface area contributed by atoms with Gasteiger partial charge in [0.1, 0.15) is 6.54 Å². The summed E-state index contributed by atoms with van der Waals surface area (Å²) in [5.74, 6) is -0.367. The molecule has 8 heteroatoms. The summed E-state index contributed by atoms with van der Waals surface area (Å²) in [6.07, 6.45) is 4.67. The SMILES string of the molecule is O=C1C(SC2CCCCC2)NC(c2cccc(/C=C\c3ccccc3)c2)=NN1CC(F)(F)F. The van der Waals surface area contributed by atoms with Gasteiger partial charge < -0.3 is 5.32 Å². The van der Waals surface area contributed by atoms with E-state index in [2.05, 4.69) is 10.4 Å². The van der Waals surface area contributed by atoms with Crippen LogP contribution in [-0.2, 0) is 4.79 Å². The van der Waals surface area contributed by atoms with Gasteiger partial charge in [-0.1, -0.05) is 79.9 Å². The first kappa shape index (κ1) is 23.4. The zero-order valence-electron chi connectivity index (χ0n) is 18.1. The number of amidine groups is 1. The van der Waals surface area contributed by atoms with E-state index in [1.54, 1.807) is 6.07 Å². The molecule has 1 atom stereocenters. The van der Waals surface area contributed by atoms with Crippen molar-refractivity contribution in [1.82, 2.24) is 10.3 Å². The van der Waals surface area contributed by atoms with E-state index in [1.165, 1.54) is 18.2 Å². The largest absolute Gasteiger partial charge is 0.408 e. The lowest BCUT2D eigenvalue weighted by Crippen LogP contribution is -2.53. The number of hydrogen-bond donors (Lipinski definition) is 1. The Balaban J connectivity index is 1.58. The van der Waals surface area contributed by atoms with Crippen LogP contribution in [0.1, 0.15) is 48.8 Å². The fourth-order valence-corrected chi connectivity index (χ4v) is 5.38. The summed E-state index contributed by atoms with van der Waals surface area (Å²) in [6, 6.07) is 17.2. The van der Waals surface area contributed by atoms with E-state index in [-0.39, 0.29) is 11.1 Å². The average Bonchev–Trinajstić information content (AvgIpc) is 2.81. The molecule has 2 aliphatic rings. The van der Waals surface area contributed by atoms with E-state index in [0.29, 0.717) is 10.6 Å². The van der Waals surface area contributed by atoms with E-state index in [1.807, 2.05) is 60.7 Å². The Hall–Kier alpha value is -2.74. The highest BCUT2D eigenvalue weighted by molar-refractivity contribution is 8.01. The van der Waals surface area contributed by atoms with Gasteiger partial charge in [-0.3, -0.25) is 4.79 Å². The maximum atomic E-state index is 13.2. The van der Waals surface area contributed by atoms with Crippen molar-refractivity contribution in [3.05, 3.63) is 71.3 Å². The van der Waals surface area contributed by atoms with Gasteiger partial charge in [-0.2, -0.15) is 18.3 Å². The van der Waals surface area contributed by atoms with Crippen molar-refractivity contribution in [2.24, 2.45) is 5.10 Å². The Morgan fingerprint density at radius 2 is 1.70 bits per heavy atom. The van der Waals surface area contributed by atoms with E-state index in [4.69, 9.17) is 0 Å². The zero-order chi connectivity index (χ0) is 23.3.